The van der Waals surface area contributed by atoms with Crippen LogP contribution in [0.1, 0.15) is 86.4 Å². The zero-order valence-corrected chi connectivity index (χ0v) is 21.7. The lowest BCUT2D eigenvalue weighted by Crippen LogP contribution is -2.34. The first kappa shape index (κ1) is 31.1. The molecule has 0 spiro atoms. The molecule has 0 saturated heterocycles. The smallest absolute Gasteiger partial charge is 0.344 e. The molecule has 0 amide bonds. The van der Waals surface area contributed by atoms with Gasteiger partial charge in [-0.2, -0.15) is 4.39 Å². The Morgan fingerprint density at radius 3 is 2.13 bits per heavy atom. The van der Waals surface area contributed by atoms with Crippen LogP contribution in [0.4, 0.5) is 22.0 Å². The molecule has 0 aliphatic rings. The van der Waals surface area contributed by atoms with E-state index in [1.165, 1.54) is 24.3 Å². The molecule has 0 aliphatic heterocycles. The summed E-state index contributed by atoms with van der Waals surface area (Å²) in [5.74, 6) is -8.42. The molecule has 2 aromatic carbocycles. The number of benzene rings is 2. The highest BCUT2D eigenvalue weighted by atomic mass is 19.2. The van der Waals surface area contributed by atoms with E-state index < -0.39 is 59.2 Å². The zero-order chi connectivity index (χ0) is 28.2. The number of ether oxygens (including phenoxy) is 3. The molecular formula is C28H33F5O5. The standard InChI is InChI=1S/C28H33F5O5/c1-4-6-8-9-15-36-28(35)23-20(30)16-22(25(32)26(23)33)38-27(34)18-11-13-19(14-12-18)37-21(10-7-5-2)24(31)17(3)29/h11-14,16-17,21,24H,4-10,15H2,1-3H3. The van der Waals surface area contributed by atoms with Crippen LogP contribution in [0.15, 0.2) is 30.3 Å². The van der Waals surface area contributed by atoms with E-state index >= 15 is 0 Å². The Labute approximate surface area is 219 Å². The van der Waals surface area contributed by atoms with Crippen molar-refractivity contribution in [2.45, 2.75) is 84.2 Å². The van der Waals surface area contributed by atoms with Crippen molar-refractivity contribution in [1.82, 2.24) is 0 Å². The third-order valence-corrected chi connectivity index (χ3v) is 5.78. The monoisotopic (exact) mass is 544 g/mol. The second-order valence-corrected chi connectivity index (χ2v) is 8.89. The largest absolute Gasteiger partial charge is 0.487 e. The summed E-state index contributed by atoms with van der Waals surface area (Å²) in [5, 5.41) is 0. The second kappa shape index (κ2) is 15.3. The van der Waals surface area contributed by atoms with Crippen molar-refractivity contribution in [3.05, 3.63) is 58.9 Å². The molecule has 0 heterocycles. The summed E-state index contributed by atoms with van der Waals surface area (Å²) in [5.41, 5.74) is -1.35. The van der Waals surface area contributed by atoms with Gasteiger partial charge in [0.2, 0.25) is 5.82 Å². The number of alkyl halides is 2. The van der Waals surface area contributed by atoms with E-state index in [4.69, 9.17) is 14.2 Å². The summed E-state index contributed by atoms with van der Waals surface area (Å²) in [6.45, 7) is 4.91. The Balaban J connectivity index is 2.09. The fourth-order valence-electron chi connectivity index (χ4n) is 3.59. The van der Waals surface area contributed by atoms with E-state index in [9.17, 15) is 31.5 Å². The van der Waals surface area contributed by atoms with Crippen molar-refractivity contribution in [2.24, 2.45) is 0 Å². The molecule has 3 atom stereocenters. The van der Waals surface area contributed by atoms with Gasteiger partial charge in [-0.05, 0) is 50.5 Å². The molecule has 2 aromatic rings. The van der Waals surface area contributed by atoms with E-state index in [0.29, 0.717) is 18.9 Å². The van der Waals surface area contributed by atoms with Gasteiger partial charge in [0.05, 0.1) is 12.2 Å². The number of rotatable bonds is 15. The summed E-state index contributed by atoms with van der Waals surface area (Å²) in [7, 11) is 0. The van der Waals surface area contributed by atoms with Crippen LogP contribution in [-0.4, -0.2) is 37.0 Å². The Bertz CT molecular complexity index is 1060. The van der Waals surface area contributed by atoms with Crippen LogP contribution in [0.2, 0.25) is 0 Å². The Morgan fingerprint density at radius 2 is 1.53 bits per heavy atom. The van der Waals surface area contributed by atoms with Crippen LogP contribution < -0.4 is 9.47 Å². The highest BCUT2D eigenvalue weighted by Crippen LogP contribution is 2.28. The SMILES string of the molecule is CCCCCCOC(=O)c1c(F)cc(OC(=O)c2ccc(OC(CCCC)C(F)C(C)F)cc2)c(F)c1F. The van der Waals surface area contributed by atoms with E-state index in [0.717, 1.165) is 32.6 Å². The molecule has 0 bridgehead atoms. The average molecular weight is 545 g/mol. The Kier molecular flexibility index (Phi) is 12.5. The molecule has 5 nitrogen and oxygen atoms in total. The van der Waals surface area contributed by atoms with Crippen molar-refractivity contribution < 1.29 is 45.8 Å². The number of carbonyl (C=O) groups excluding carboxylic acids is 2. The van der Waals surface area contributed by atoms with Gasteiger partial charge in [0.25, 0.3) is 0 Å². The highest BCUT2D eigenvalue weighted by Gasteiger charge is 2.29. The minimum atomic E-state index is -1.85. The van der Waals surface area contributed by atoms with Crippen LogP contribution in [-0.2, 0) is 4.74 Å². The van der Waals surface area contributed by atoms with Gasteiger partial charge >= 0.3 is 11.9 Å². The topological polar surface area (TPSA) is 61.8 Å². The fraction of sp³-hybridized carbons (Fsp3) is 0.500. The summed E-state index contributed by atoms with van der Waals surface area (Å²) < 4.78 is 86.3. The molecule has 0 saturated carbocycles. The number of carbonyl (C=O) groups is 2. The molecule has 210 valence electrons. The minimum absolute atomic E-state index is 0.0755. The van der Waals surface area contributed by atoms with Gasteiger partial charge < -0.3 is 14.2 Å². The quantitative estimate of drug-likeness (QED) is 0.0756. The lowest BCUT2D eigenvalue weighted by Gasteiger charge is -2.23. The maximum Gasteiger partial charge on any atom is 0.344 e. The van der Waals surface area contributed by atoms with Crippen molar-refractivity contribution in [1.29, 1.82) is 0 Å². The highest BCUT2D eigenvalue weighted by molar-refractivity contribution is 5.92. The van der Waals surface area contributed by atoms with Crippen molar-refractivity contribution in [3.63, 3.8) is 0 Å². The predicted octanol–water partition coefficient (Wildman–Crippen LogP) is 7.69. The van der Waals surface area contributed by atoms with Gasteiger partial charge in [-0.1, -0.05) is 39.5 Å². The number of hydrogen-bond donors (Lipinski definition) is 0. The predicted molar refractivity (Wildman–Crippen MR) is 132 cm³/mol. The van der Waals surface area contributed by atoms with Crippen molar-refractivity contribution >= 4 is 11.9 Å². The molecule has 38 heavy (non-hydrogen) atoms. The number of esters is 2. The van der Waals surface area contributed by atoms with Gasteiger partial charge in [0, 0.05) is 6.07 Å². The second-order valence-electron chi connectivity index (χ2n) is 8.89. The molecule has 0 N–H and O–H groups in total. The Hall–Kier alpha value is -3.17. The molecule has 0 radical (unpaired) electrons. The first-order chi connectivity index (χ1) is 18.1. The molecule has 10 heteroatoms. The molecule has 0 aromatic heterocycles. The molecular weight excluding hydrogens is 511 g/mol. The molecule has 2 rings (SSSR count). The maximum atomic E-state index is 14.5. The van der Waals surface area contributed by atoms with Crippen LogP contribution >= 0.6 is 0 Å². The third kappa shape index (κ3) is 8.70. The van der Waals surface area contributed by atoms with Crippen LogP contribution in [0.3, 0.4) is 0 Å². The van der Waals surface area contributed by atoms with Gasteiger partial charge in [-0.3, -0.25) is 0 Å². The van der Waals surface area contributed by atoms with Gasteiger partial charge in [0.15, 0.2) is 17.7 Å². The minimum Gasteiger partial charge on any atom is -0.487 e. The van der Waals surface area contributed by atoms with Crippen LogP contribution in [0.25, 0.3) is 0 Å². The van der Waals surface area contributed by atoms with E-state index in [1.807, 2.05) is 13.8 Å². The van der Waals surface area contributed by atoms with Crippen LogP contribution in [0, 0.1) is 17.5 Å². The number of halogens is 5. The van der Waals surface area contributed by atoms with Gasteiger partial charge in [-0.25, -0.2) is 27.2 Å². The van der Waals surface area contributed by atoms with Gasteiger partial charge in [-0.15, -0.1) is 0 Å². The third-order valence-electron chi connectivity index (χ3n) is 5.78. The first-order valence-electron chi connectivity index (χ1n) is 12.7. The van der Waals surface area contributed by atoms with E-state index in [1.54, 1.807) is 0 Å². The lowest BCUT2D eigenvalue weighted by atomic mass is 10.1. The first-order valence-corrected chi connectivity index (χ1v) is 12.7. The molecule has 0 fully saturated rings. The average Bonchev–Trinajstić information content (AvgIpc) is 2.89. The lowest BCUT2D eigenvalue weighted by molar-refractivity contribution is 0.0429. The maximum absolute atomic E-state index is 14.5. The van der Waals surface area contributed by atoms with Gasteiger partial charge in [0.1, 0.15) is 29.4 Å². The van der Waals surface area contributed by atoms with Crippen LogP contribution in [0.5, 0.6) is 11.5 Å². The Morgan fingerprint density at radius 1 is 0.868 bits per heavy atom. The zero-order valence-electron chi connectivity index (χ0n) is 21.7. The summed E-state index contributed by atoms with van der Waals surface area (Å²) >= 11 is 0. The summed E-state index contributed by atoms with van der Waals surface area (Å²) in [6.07, 6.45) is 0.156. The van der Waals surface area contributed by atoms with Crippen molar-refractivity contribution in [2.75, 3.05) is 6.61 Å². The van der Waals surface area contributed by atoms with E-state index in [2.05, 4.69) is 0 Å². The molecule has 0 aliphatic carbocycles. The summed E-state index contributed by atoms with van der Waals surface area (Å²) in [6, 6.07) is 5.44. The summed E-state index contributed by atoms with van der Waals surface area (Å²) in [4.78, 5) is 24.5. The number of hydrogen-bond acceptors (Lipinski definition) is 5. The van der Waals surface area contributed by atoms with Crippen molar-refractivity contribution in [3.8, 4) is 11.5 Å². The normalized spacial score (nSPS) is 13.5. The number of unbranched alkanes of at least 4 members (excludes halogenated alkanes) is 4. The van der Waals surface area contributed by atoms with E-state index in [-0.39, 0.29) is 24.3 Å². The molecule has 3 unspecified atom stereocenters. The fourth-order valence-corrected chi connectivity index (χ4v) is 3.59.